The minimum absolute atomic E-state index is 0.270. The van der Waals surface area contributed by atoms with Crippen LogP contribution < -0.4 is 10.1 Å². The summed E-state index contributed by atoms with van der Waals surface area (Å²) >= 11 is 0. The second-order valence-corrected chi connectivity index (χ2v) is 5.51. The largest absolute Gasteiger partial charge is 0.491 e. The molecule has 2 atom stereocenters. The molecule has 3 heteroatoms. The van der Waals surface area contributed by atoms with Gasteiger partial charge in [-0.1, -0.05) is 31.5 Å². The highest BCUT2D eigenvalue weighted by Gasteiger charge is 2.17. The summed E-state index contributed by atoms with van der Waals surface area (Å²) < 4.78 is 11.6. The molecule has 1 fully saturated rings. The van der Waals surface area contributed by atoms with Crippen molar-refractivity contribution in [2.75, 3.05) is 19.8 Å². The van der Waals surface area contributed by atoms with Crippen LogP contribution in [0.5, 0.6) is 5.75 Å². The first-order chi connectivity index (χ1) is 9.81. The predicted octanol–water partition coefficient (Wildman–Crippen LogP) is 3.70. The van der Waals surface area contributed by atoms with Gasteiger partial charge in [0, 0.05) is 18.2 Å². The van der Waals surface area contributed by atoms with Crippen molar-refractivity contribution in [3.8, 4) is 5.75 Å². The number of ether oxygens (including phenoxy) is 2. The van der Waals surface area contributed by atoms with Gasteiger partial charge in [-0.15, -0.1) is 0 Å². The van der Waals surface area contributed by atoms with Crippen LogP contribution >= 0.6 is 0 Å². The number of hydrogen-bond donors (Lipinski definition) is 1. The van der Waals surface area contributed by atoms with E-state index >= 15 is 0 Å². The molecular weight excluding hydrogens is 250 g/mol. The first-order valence-electron chi connectivity index (χ1n) is 7.88. The fourth-order valence-electron chi connectivity index (χ4n) is 2.53. The summed E-state index contributed by atoms with van der Waals surface area (Å²) in [7, 11) is 0. The van der Waals surface area contributed by atoms with Gasteiger partial charge in [-0.05, 0) is 38.8 Å². The van der Waals surface area contributed by atoms with Crippen LogP contribution in [0.2, 0.25) is 0 Å². The molecule has 1 aromatic carbocycles. The zero-order valence-corrected chi connectivity index (χ0v) is 12.7. The van der Waals surface area contributed by atoms with Gasteiger partial charge in [0.2, 0.25) is 0 Å². The van der Waals surface area contributed by atoms with Crippen LogP contribution in [0.3, 0.4) is 0 Å². The van der Waals surface area contributed by atoms with Gasteiger partial charge in [0.15, 0.2) is 0 Å². The third-order valence-corrected chi connectivity index (χ3v) is 3.82. The summed E-state index contributed by atoms with van der Waals surface area (Å²) in [6.45, 7) is 7.01. The first-order valence-corrected chi connectivity index (χ1v) is 7.88. The lowest BCUT2D eigenvalue weighted by atomic mass is 10.1. The highest BCUT2D eigenvalue weighted by Crippen LogP contribution is 2.25. The Balaban J connectivity index is 1.90. The third kappa shape index (κ3) is 4.50. The van der Waals surface area contributed by atoms with E-state index in [0.717, 1.165) is 31.7 Å². The van der Waals surface area contributed by atoms with Gasteiger partial charge in [-0.3, -0.25) is 0 Å². The van der Waals surface area contributed by atoms with Gasteiger partial charge < -0.3 is 14.8 Å². The molecule has 0 aromatic heterocycles. The van der Waals surface area contributed by atoms with Gasteiger partial charge in [-0.2, -0.15) is 0 Å². The number of unbranched alkanes of at least 4 members (excludes halogenated alkanes) is 1. The minimum Gasteiger partial charge on any atom is -0.491 e. The Hall–Kier alpha value is -1.06. The summed E-state index contributed by atoms with van der Waals surface area (Å²) in [5.74, 6) is 0.986. The van der Waals surface area contributed by atoms with Gasteiger partial charge in [0.25, 0.3) is 0 Å². The van der Waals surface area contributed by atoms with Crippen molar-refractivity contribution < 1.29 is 9.47 Å². The Labute approximate surface area is 122 Å². The summed E-state index contributed by atoms with van der Waals surface area (Å²) in [6, 6.07) is 8.64. The maximum atomic E-state index is 5.98. The van der Waals surface area contributed by atoms with Crippen molar-refractivity contribution in [3.05, 3.63) is 29.8 Å². The van der Waals surface area contributed by atoms with Crippen molar-refractivity contribution >= 4 is 0 Å². The lowest BCUT2D eigenvalue weighted by Gasteiger charge is -2.19. The van der Waals surface area contributed by atoms with Gasteiger partial charge in [-0.25, -0.2) is 0 Å². The highest BCUT2D eigenvalue weighted by molar-refractivity contribution is 5.35. The minimum atomic E-state index is 0.270. The van der Waals surface area contributed by atoms with Crippen molar-refractivity contribution in [2.45, 2.75) is 51.7 Å². The smallest absolute Gasteiger partial charge is 0.124 e. The molecule has 112 valence electrons. The number of nitrogens with one attached hydrogen (secondary N) is 1. The van der Waals surface area contributed by atoms with Crippen molar-refractivity contribution in [3.63, 3.8) is 0 Å². The van der Waals surface area contributed by atoms with E-state index in [9.17, 15) is 0 Å². The third-order valence-electron chi connectivity index (χ3n) is 3.82. The van der Waals surface area contributed by atoms with Crippen molar-refractivity contribution in [1.82, 2.24) is 5.32 Å². The number of rotatable bonds is 8. The molecule has 1 aromatic rings. The van der Waals surface area contributed by atoms with Crippen LogP contribution in [0.1, 0.15) is 51.1 Å². The molecule has 0 amide bonds. The number of para-hydroxylation sites is 1. The molecule has 0 saturated carbocycles. The lowest BCUT2D eigenvalue weighted by molar-refractivity contribution is 0.0674. The molecule has 0 bridgehead atoms. The molecule has 2 rings (SSSR count). The number of benzene rings is 1. The average molecular weight is 277 g/mol. The quantitative estimate of drug-likeness (QED) is 0.735. The fraction of sp³-hybridized carbons (Fsp3) is 0.647. The molecule has 0 radical (unpaired) electrons. The Bertz CT molecular complexity index is 388. The van der Waals surface area contributed by atoms with Crippen LogP contribution in [0.4, 0.5) is 0 Å². The van der Waals surface area contributed by atoms with Crippen molar-refractivity contribution in [1.29, 1.82) is 0 Å². The first kappa shape index (κ1) is 15.3. The fourth-order valence-corrected chi connectivity index (χ4v) is 2.53. The molecule has 2 unspecified atom stereocenters. The maximum Gasteiger partial charge on any atom is 0.124 e. The molecule has 3 nitrogen and oxygen atoms in total. The number of hydrogen-bond acceptors (Lipinski definition) is 3. The molecule has 0 spiro atoms. The molecule has 1 aliphatic rings. The Kier molecular flexibility index (Phi) is 6.34. The molecule has 1 heterocycles. The standard InChI is InChI=1S/C17H27NO2/c1-3-4-11-18-14(2)16-9-5-6-10-17(16)20-13-15-8-7-12-19-15/h5-6,9-10,14-15,18H,3-4,7-8,11-13H2,1-2H3. The second kappa shape index (κ2) is 8.28. The molecule has 0 aliphatic carbocycles. The van der Waals surface area contributed by atoms with Crippen LogP contribution in [0.15, 0.2) is 24.3 Å². The zero-order valence-electron chi connectivity index (χ0n) is 12.7. The SMILES string of the molecule is CCCCNC(C)c1ccccc1OCC1CCCO1. The van der Waals surface area contributed by atoms with E-state index in [2.05, 4.69) is 37.4 Å². The van der Waals surface area contributed by atoms with Gasteiger partial charge in [0.05, 0.1) is 6.10 Å². The second-order valence-electron chi connectivity index (χ2n) is 5.51. The Morgan fingerprint density at radius 2 is 2.25 bits per heavy atom. The van der Waals surface area contributed by atoms with Crippen molar-refractivity contribution in [2.24, 2.45) is 0 Å². The van der Waals surface area contributed by atoms with Crippen LogP contribution in [-0.4, -0.2) is 25.9 Å². The Morgan fingerprint density at radius 3 is 3.00 bits per heavy atom. The molecule has 20 heavy (non-hydrogen) atoms. The molecule has 1 saturated heterocycles. The predicted molar refractivity (Wildman–Crippen MR) is 82.2 cm³/mol. The lowest BCUT2D eigenvalue weighted by Crippen LogP contribution is -2.22. The van der Waals surface area contributed by atoms with Gasteiger partial charge in [0.1, 0.15) is 12.4 Å². The molecular formula is C17H27NO2. The topological polar surface area (TPSA) is 30.5 Å². The summed E-state index contributed by atoms with van der Waals surface area (Å²) in [4.78, 5) is 0. The van der Waals surface area contributed by atoms with E-state index < -0.39 is 0 Å². The zero-order chi connectivity index (χ0) is 14.2. The summed E-state index contributed by atoms with van der Waals surface area (Å²) in [6.07, 6.45) is 4.98. The van der Waals surface area contributed by atoms with E-state index in [1.54, 1.807) is 0 Å². The van der Waals surface area contributed by atoms with E-state index in [1.165, 1.54) is 18.4 Å². The highest BCUT2D eigenvalue weighted by atomic mass is 16.5. The Morgan fingerprint density at radius 1 is 1.40 bits per heavy atom. The monoisotopic (exact) mass is 277 g/mol. The van der Waals surface area contributed by atoms with Gasteiger partial charge >= 0.3 is 0 Å². The average Bonchev–Trinajstić information content (AvgIpc) is 2.99. The van der Waals surface area contributed by atoms with E-state index in [-0.39, 0.29) is 6.10 Å². The van der Waals surface area contributed by atoms with E-state index in [4.69, 9.17) is 9.47 Å². The van der Waals surface area contributed by atoms with Crippen LogP contribution in [-0.2, 0) is 4.74 Å². The van der Waals surface area contributed by atoms with Crippen LogP contribution in [0, 0.1) is 0 Å². The van der Waals surface area contributed by atoms with Crippen LogP contribution in [0.25, 0.3) is 0 Å². The summed E-state index contributed by atoms with van der Waals surface area (Å²) in [5.41, 5.74) is 1.24. The maximum absolute atomic E-state index is 5.98. The normalized spacial score (nSPS) is 20.0. The van der Waals surface area contributed by atoms with E-state index in [1.807, 2.05) is 6.07 Å². The van der Waals surface area contributed by atoms with E-state index in [0.29, 0.717) is 12.6 Å². The molecule has 1 aliphatic heterocycles. The summed E-state index contributed by atoms with van der Waals surface area (Å²) in [5, 5.41) is 3.56. The molecule has 1 N–H and O–H groups in total.